The lowest BCUT2D eigenvalue weighted by Crippen LogP contribution is -2.65. The SMILES string of the molecule is CN(C)C=S.COC1[C@H](C)CC2(Cc3ccc(Br)cc3C2=N[S@@](=O)C(C)(C)C)C[C@@H]1C.COC1[C@H](C)CC2(Cc3ccc(Br)cc3[C@@]2(N[S@@](=O)C(C)(C)C)C(=S)N(C)C)C[C@@H]1C. The van der Waals surface area contributed by atoms with Crippen LogP contribution in [0.5, 0.6) is 0 Å². The second kappa shape index (κ2) is 20.9. The Balaban J connectivity index is 0.000000249. The molecule has 4 aliphatic rings. The fraction of sp³-hybridized carbons (Fsp3) is 0.688. The Morgan fingerprint density at radius 3 is 1.69 bits per heavy atom. The summed E-state index contributed by atoms with van der Waals surface area (Å²) in [5, 5.41) is 0. The van der Waals surface area contributed by atoms with Crippen molar-refractivity contribution in [1.29, 1.82) is 0 Å². The van der Waals surface area contributed by atoms with Crippen molar-refractivity contribution in [3.05, 3.63) is 67.6 Å². The summed E-state index contributed by atoms with van der Waals surface area (Å²) in [5.41, 5.74) is 6.69. The largest absolute Gasteiger partial charge is 0.381 e. The number of hydrogen-bond acceptors (Lipinski definition) is 6. The van der Waals surface area contributed by atoms with E-state index in [0.29, 0.717) is 23.7 Å². The summed E-state index contributed by atoms with van der Waals surface area (Å²) >= 11 is 17.9. The molecule has 0 bridgehead atoms. The van der Waals surface area contributed by atoms with Gasteiger partial charge in [-0.3, -0.25) is 0 Å². The summed E-state index contributed by atoms with van der Waals surface area (Å²) in [5.74, 6) is 1.66. The molecule has 0 amide bonds. The number of benzene rings is 2. The first kappa shape index (κ1) is 53.6. The molecular weight excluding hydrogens is 985 g/mol. The van der Waals surface area contributed by atoms with Crippen molar-refractivity contribution < 1.29 is 17.9 Å². The van der Waals surface area contributed by atoms with E-state index in [1.165, 1.54) is 16.7 Å². The minimum Gasteiger partial charge on any atom is -0.381 e. The normalized spacial score (nSPS) is 31.9. The van der Waals surface area contributed by atoms with E-state index in [2.05, 4.69) is 113 Å². The zero-order chi connectivity index (χ0) is 46.9. The third-order valence-corrected chi connectivity index (χ3v) is 18.3. The fourth-order valence-electron chi connectivity index (χ4n) is 11.0. The zero-order valence-corrected chi connectivity index (χ0v) is 46.5. The molecule has 4 unspecified atom stereocenters. The molecular formula is C48H74Br2N4O4S4. The minimum atomic E-state index is -1.29. The maximum Gasteiger partial charge on any atom is 0.145 e. The maximum atomic E-state index is 13.6. The number of fused-ring (bicyclic) bond motifs is 2. The third kappa shape index (κ3) is 11.2. The van der Waals surface area contributed by atoms with Crippen LogP contribution < -0.4 is 4.72 Å². The Labute approximate surface area is 407 Å². The molecule has 11 atom stereocenters. The Morgan fingerprint density at radius 2 is 1.26 bits per heavy atom. The van der Waals surface area contributed by atoms with Crippen LogP contribution in [0.2, 0.25) is 0 Å². The summed E-state index contributed by atoms with van der Waals surface area (Å²) < 4.78 is 48.0. The van der Waals surface area contributed by atoms with Crippen molar-refractivity contribution in [2.75, 3.05) is 42.4 Å². The number of methoxy groups -OCH3 is 2. The second-order valence-electron chi connectivity index (χ2n) is 20.9. The number of ether oxygens (including phenoxy) is 2. The highest BCUT2D eigenvalue weighted by molar-refractivity contribution is 9.10. The molecule has 6 rings (SSSR count). The number of halogens is 2. The molecule has 0 radical (unpaired) electrons. The predicted molar refractivity (Wildman–Crippen MR) is 278 cm³/mol. The van der Waals surface area contributed by atoms with Crippen LogP contribution in [0.4, 0.5) is 0 Å². The number of nitrogens with one attached hydrogen (secondary N) is 1. The monoisotopic (exact) mass is 1060 g/mol. The van der Waals surface area contributed by atoms with Gasteiger partial charge in [-0.05, 0) is 145 Å². The number of likely N-dealkylation sites (N-methyl/N-ethyl adjacent to an activating group) is 1. The molecule has 2 fully saturated rings. The highest BCUT2D eigenvalue weighted by Crippen LogP contribution is 2.61. The Hall–Kier alpha value is -0.970. The molecule has 2 aromatic carbocycles. The lowest BCUT2D eigenvalue weighted by Gasteiger charge is -2.55. The van der Waals surface area contributed by atoms with E-state index in [1.807, 2.05) is 93.8 Å². The summed E-state index contributed by atoms with van der Waals surface area (Å²) in [6.45, 7) is 21.1. The lowest BCUT2D eigenvalue weighted by molar-refractivity contribution is -0.0677. The van der Waals surface area contributed by atoms with Crippen LogP contribution in [-0.4, -0.2) is 98.5 Å². The molecule has 0 heterocycles. The Bertz CT molecular complexity index is 1990. The van der Waals surface area contributed by atoms with Gasteiger partial charge in [0.25, 0.3) is 0 Å². The Kier molecular flexibility index (Phi) is 18.1. The van der Waals surface area contributed by atoms with E-state index in [9.17, 15) is 8.42 Å². The molecule has 2 saturated carbocycles. The van der Waals surface area contributed by atoms with Crippen LogP contribution in [-0.2, 0) is 49.8 Å². The van der Waals surface area contributed by atoms with Crippen LogP contribution in [0.25, 0.3) is 0 Å². The fourth-order valence-corrected chi connectivity index (χ4v) is 13.9. The number of thiocarbonyl (C=S) groups is 2. The van der Waals surface area contributed by atoms with Gasteiger partial charge in [-0.2, -0.15) is 4.40 Å². The average Bonchev–Trinajstić information content (AvgIpc) is 3.57. The van der Waals surface area contributed by atoms with Crippen molar-refractivity contribution in [2.45, 2.75) is 135 Å². The van der Waals surface area contributed by atoms with Crippen LogP contribution in [0.15, 0.2) is 49.7 Å². The third-order valence-electron chi connectivity index (χ3n) is 13.2. The van der Waals surface area contributed by atoms with Gasteiger partial charge < -0.3 is 19.3 Å². The zero-order valence-electron chi connectivity index (χ0n) is 40.1. The van der Waals surface area contributed by atoms with Crippen molar-refractivity contribution in [3.63, 3.8) is 0 Å². The van der Waals surface area contributed by atoms with E-state index >= 15 is 0 Å². The average molecular weight is 1060 g/mol. The number of nitrogens with zero attached hydrogens (tertiary/aromatic N) is 3. The quantitative estimate of drug-likeness (QED) is 0.275. The van der Waals surface area contributed by atoms with E-state index in [4.69, 9.17) is 26.1 Å². The van der Waals surface area contributed by atoms with Crippen LogP contribution >= 0.6 is 56.3 Å². The first-order chi connectivity index (χ1) is 28.6. The van der Waals surface area contributed by atoms with Crippen molar-refractivity contribution in [2.24, 2.45) is 38.9 Å². The predicted octanol–water partition coefficient (Wildman–Crippen LogP) is 11.0. The topological polar surface area (TPSA) is 83.5 Å². The highest BCUT2D eigenvalue weighted by atomic mass is 79.9. The Morgan fingerprint density at radius 1 is 0.790 bits per heavy atom. The highest BCUT2D eigenvalue weighted by Gasteiger charge is 2.64. The molecule has 14 heteroatoms. The molecule has 0 aromatic heterocycles. The van der Waals surface area contributed by atoms with Gasteiger partial charge in [-0.15, -0.1) is 0 Å². The molecule has 8 nitrogen and oxygen atoms in total. The van der Waals surface area contributed by atoms with E-state index < -0.39 is 32.3 Å². The molecule has 4 aliphatic carbocycles. The van der Waals surface area contributed by atoms with Gasteiger partial charge in [0, 0.05) is 67.7 Å². The van der Waals surface area contributed by atoms with Crippen molar-refractivity contribution >= 4 is 94.5 Å². The number of hydrogen-bond donors (Lipinski definition) is 1. The van der Waals surface area contributed by atoms with Crippen molar-refractivity contribution in [1.82, 2.24) is 14.5 Å². The number of rotatable bonds is 7. The van der Waals surface area contributed by atoms with Gasteiger partial charge in [0.2, 0.25) is 0 Å². The summed E-state index contributed by atoms with van der Waals surface area (Å²) in [4.78, 5) is 4.64. The van der Waals surface area contributed by atoms with E-state index in [1.54, 1.807) is 5.49 Å². The van der Waals surface area contributed by atoms with Crippen LogP contribution in [0.3, 0.4) is 0 Å². The van der Waals surface area contributed by atoms with E-state index in [0.717, 1.165) is 63.7 Å². The van der Waals surface area contributed by atoms with Crippen LogP contribution in [0, 0.1) is 34.5 Å². The standard InChI is InChI=1S/C24H37BrN2O2S2.C21H30BrNO2S.C3H7NS/c1-15-12-23(13-16(2)20(15)29-8)14-17-9-10-18(25)11-19(17)24(23,21(30)27(6)7)26-31(28)22(3,4)5;1-13-10-21(11-14(2)18(13)25-6)12-15-7-8-16(22)9-17(15)19(21)23-26(24)20(3,4)5;1-4(2)3-5/h9-11,15-16,20,26H,12-14H2,1-8H3;7-9,13-14,18H,10-12H2,1-6H3;3H,1-2H3/t15-,16+,20?,23?,24-,31+;13-,14+,18?,21?,26-;/m10./s1. The molecule has 1 N–H and O–H groups in total. The maximum absolute atomic E-state index is 13.6. The lowest BCUT2D eigenvalue weighted by atomic mass is 9.56. The van der Waals surface area contributed by atoms with Crippen molar-refractivity contribution in [3.8, 4) is 0 Å². The summed E-state index contributed by atoms with van der Waals surface area (Å²) in [6, 6.07) is 13.0. The first-order valence-corrected chi connectivity index (χ1v) is 26.5. The summed E-state index contributed by atoms with van der Waals surface area (Å²) in [7, 11) is 8.89. The van der Waals surface area contributed by atoms with Gasteiger partial charge >= 0.3 is 0 Å². The summed E-state index contributed by atoms with van der Waals surface area (Å²) in [6.07, 6.45) is 6.40. The smallest absolute Gasteiger partial charge is 0.145 e. The molecule has 62 heavy (non-hydrogen) atoms. The molecule has 2 spiro atoms. The molecule has 2 aromatic rings. The van der Waals surface area contributed by atoms with E-state index in [-0.39, 0.29) is 27.8 Å². The van der Waals surface area contributed by atoms with Gasteiger partial charge in [0.05, 0.1) is 43.9 Å². The minimum absolute atomic E-state index is 0.0299. The molecule has 0 aliphatic heterocycles. The van der Waals surface area contributed by atoms with Crippen LogP contribution in [0.1, 0.15) is 117 Å². The molecule has 0 saturated heterocycles. The van der Waals surface area contributed by atoms with Gasteiger partial charge in [-0.1, -0.05) is 96.1 Å². The van der Waals surface area contributed by atoms with Gasteiger partial charge in [0.1, 0.15) is 21.5 Å². The van der Waals surface area contributed by atoms with Gasteiger partial charge in [0.15, 0.2) is 0 Å². The van der Waals surface area contributed by atoms with Gasteiger partial charge in [-0.25, -0.2) is 13.1 Å². The first-order valence-electron chi connectivity index (χ1n) is 21.8. The molecule has 348 valence electrons. The second-order valence-corrected chi connectivity index (χ2v) is 27.2.